The quantitative estimate of drug-likeness (QED) is 0.275. The molecule has 3 rings (SSSR count). The third kappa shape index (κ3) is 4.45. The first kappa shape index (κ1) is 24.0. The van der Waals surface area contributed by atoms with E-state index >= 15 is 0 Å². The van der Waals surface area contributed by atoms with Gasteiger partial charge in [0.1, 0.15) is 22.3 Å². The summed E-state index contributed by atoms with van der Waals surface area (Å²) in [6, 6.07) is 8.14. The smallest absolute Gasteiger partial charge is 0.313 e. The summed E-state index contributed by atoms with van der Waals surface area (Å²) in [4.78, 5) is 35.3. The minimum absolute atomic E-state index is 0.0172. The Kier molecular flexibility index (Phi) is 7.10. The van der Waals surface area contributed by atoms with Crippen molar-refractivity contribution in [3.8, 4) is 5.75 Å². The number of benzene rings is 2. The molecule has 2 aromatic carbocycles. The Morgan fingerprint density at radius 2 is 1.66 bits per heavy atom. The predicted octanol–water partition coefficient (Wildman–Crippen LogP) is 6.18. The number of hydrogen-bond acceptors (Lipinski definition) is 5. The molecule has 1 saturated carbocycles. The minimum atomic E-state index is -1.00. The lowest BCUT2D eigenvalue weighted by Crippen LogP contribution is -2.46. The molecule has 0 aliphatic heterocycles. The summed E-state index contributed by atoms with van der Waals surface area (Å²) in [7, 11) is 0. The molecule has 1 aliphatic rings. The van der Waals surface area contributed by atoms with Crippen molar-refractivity contribution in [1.29, 1.82) is 0 Å². The van der Waals surface area contributed by atoms with Crippen LogP contribution in [0.5, 0.6) is 5.75 Å². The summed E-state index contributed by atoms with van der Waals surface area (Å²) in [5.74, 6) is -1.22. The van der Waals surface area contributed by atoms with Gasteiger partial charge in [0.15, 0.2) is 5.78 Å². The van der Waals surface area contributed by atoms with E-state index in [1.165, 1.54) is 36.4 Å². The summed E-state index contributed by atoms with van der Waals surface area (Å²) in [6.07, 6.45) is 2.05. The topological polar surface area (TPSA) is 107 Å². The van der Waals surface area contributed by atoms with Gasteiger partial charge in [-0.2, -0.15) is 0 Å². The molecule has 0 bridgehead atoms. The van der Waals surface area contributed by atoms with Crippen LogP contribution in [0, 0.1) is 21.4 Å². The maximum Gasteiger partial charge on any atom is 0.313 e. The molecule has 0 heterocycles. The van der Waals surface area contributed by atoms with Crippen molar-refractivity contribution < 1.29 is 24.4 Å². The highest BCUT2D eigenvalue weighted by Crippen LogP contribution is 2.47. The number of ketones is 1. The van der Waals surface area contributed by atoms with Gasteiger partial charge in [0.05, 0.1) is 9.95 Å². The average Bonchev–Trinajstić information content (AvgIpc) is 3.25. The highest BCUT2D eigenvalue weighted by atomic mass is 35.5. The Morgan fingerprint density at radius 3 is 2.16 bits per heavy atom. The van der Waals surface area contributed by atoms with Gasteiger partial charge in [-0.25, -0.2) is 0 Å². The molecule has 1 unspecified atom stereocenters. The van der Waals surface area contributed by atoms with Crippen LogP contribution in [0.2, 0.25) is 10.0 Å². The van der Waals surface area contributed by atoms with E-state index in [0.717, 1.165) is 12.8 Å². The van der Waals surface area contributed by atoms with Gasteiger partial charge in [0, 0.05) is 23.3 Å². The molecule has 7 nitrogen and oxygen atoms in total. The van der Waals surface area contributed by atoms with Crippen LogP contribution in [0.3, 0.4) is 0 Å². The predicted molar refractivity (Wildman–Crippen MR) is 121 cm³/mol. The summed E-state index contributed by atoms with van der Waals surface area (Å²) >= 11 is 12.8. The highest BCUT2D eigenvalue weighted by molar-refractivity contribution is 6.45. The zero-order valence-electron chi connectivity index (χ0n) is 17.6. The van der Waals surface area contributed by atoms with E-state index < -0.39 is 28.2 Å². The highest BCUT2D eigenvalue weighted by Gasteiger charge is 2.50. The molecule has 1 fully saturated rings. The second-order valence-corrected chi connectivity index (χ2v) is 9.08. The van der Waals surface area contributed by atoms with Crippen molar-refractivity contribution >= 4 is 40.6 Å². The summed E-state index contributed by atoms with van der Waals surface area (Å²) in [5.41, 5.74) is -0.795. The van der Waals surface area contributed by atoms with Gasteiger partial charge in [-0.1, -0.05) is 49.9 Å². The van der Waals surface area contributed by atoms with Crippen LogP contribution >= 0.6 is 23.2 Å². The largest absolute Gasteiger partial charge is 0.487 e. The van der Waals surface area contributed by atoms with Crippen molar-refractivity contribution in [3.05, 3.63) is 67.7 Å². The fourth-order valence-electron chi connectivity index (χ4n) is 4.34. The Hall–Kier alpha value is -2.64. The number of carboxylic acids is 1. The van der Waals surface area contributed by atoms with Gasteiger partial charge in [-0.15, -0.1) is 0 Å². The number of hydrogen-bond donors (Lipinski definition) is 1. The van der Waals surface area contributed by atoms with Crippen LogP contribution in [0.1, 0.15) is 55.5 Å². The van der Waals surface area contributed by atoms with E-state index in [1.807, 2.05) is 13.8 Å². The Balaban J connectivity index is 1.91. The van der Waals surface area contributed by atoms with Crippen molar-refractivity contribution in [2.24, 2.45) is 11.3 Å². The van der Waals surface area contributed by atoms with Crippen LogP contribution < -0.4 is 4.74 Å². The third-order valence-electron chi connectivity index (χ3n) is 5.96. The number of nitro groups is 1. The van der Waals surface area contributed by atoms with Crippen molar-refractivity contribution in [3.63, 3.8) is 0 Å². The molecule has 32 heavy (non-hydrogen) atoms. The Labute approximate surface area is 195 Å². The van der Waals surface area contributed by atoms with Crippen LogP contribution in [0.15, 0.2) is 36.4 Å². The van der Waals surface area contributed by atoms with E-state index in [0.29, 0.717) is 12.8 Å². The van der Waals surface area contributed by atoms with Gasteiger partial charge in [0.25, 0.3) is 5.69 Å². The molecule has 1 N–H and O–H groups in total. The van der Waals surface area contributed by atoms with Crippen molar-refractivity contribution in [2.45, 2.75) is 45.6 Å². The number of nitrogens with zero attached hydrogens (tertiary/aromatic N) is 1. The number of ether oxygens (including phenoxy) is 1. The molecule has 1 aliphatic carbocycles. The fraction of sp³-hybridized carbons (Fsp3) is 0.391. The fourth-order valence-corrected chi connectivity index (χ4v) is 4.79. The minimum Gasteiger partial charge on any atom is -0.487 e. The third-order valence-corrected chi connectivity index (χ3v) is 6.82. The molecular formula is C23H23Cl2NO6. The molecule has 9 heteroatoms. The first-order chi connectivity index (χ1) is 15.1. The zero-order chi connectivity index (χ0) is 23.6. The molecule has 170 valence electrons. The second kappa shape index (κ2) is 9.46. The number of halogens is 2. The van der Waals surface area contributed by atoms with Gasteiger partial charge in [0.2, 0.25) is 0 Å². The van der Waals surface area contributed by atoms with Gasteiger partial charge >= 0.3 is 5.97 Å². The van der Waals surface area contributed by atoms with E-state index in [9.17, 15) is 24.8 Å². The van der Waals surface area contributed by atoms with E-state index in [4.69, 9.17) is 27.9 Å². The van der Waals surface area contributed by atoms with E-state index in [2.05, 4.69) is 0 Å². The normalized spacial score (nSPS) is 16.0. The molecule has 0 spiro atoms. The van der Waals surface area contributed by atoms with E-state index in [1.54, 1.807) is 0 Å². The molecule has 0 aromatic heterocycles. The molecule has 1 atom stereocenters. The SMILES string of the molecule is CC(C)C(Oc1ccc(C(=O)c2ccc([N+](=O)[O-])cc2)c(Cl)c1Cl)C1(C(=O)O)CCCC1. The maximum atomic E-state index is 12.9. The molecular weight excluding hydrogens is 457 g/mol. The standard InChI is InChI=1S/C23H23Cl2NO6/c1-13(2)21(23(22(28)29)11-3-4-12-23)32-17-10-9-16(18(24)19(17)25)20(27)14-5-7-15(8-6-14)26(30)31/h5-10,13,21H,3-4,11-12H2,1-2H3,(H,28,29). The number of carbonyl (C=O) groups is 2. The van der Waals surface area contributed by atoms with Gasteiger partial charge in [-0.05, 0) is 43.0 Å². The van der Waals surface area contributed by atoms with Crippen LogP contribution in [-0.4, -0.2) is 27.9 Å². The lowest BCUT2D eigenvalue weighted by Gasteiger charge is -2.36. The molecule has 2 aromatic rings. The molecule has 0 radical (unpaired) electrons. The monoisotopic (exact) mass is 479 g/mol. The van der Waals surface area contributed by atoms with Crippen LogP contribution in [0.25, 0.3) is 0 Å². The average molecular weight is 480 g/mol. The molecule has 0 saturated heterocycles. The number of nitro benzene ring substituents is 1. The van der Waals surface area contributed by atoms with Crippen LogP contribution in [-0.2, 0) is 4.79 Å². The van der Waals surface area contributed by atoms with Crippen LogP contribution in [0.4, 0.5) is 5.69 Å². The number of non-ortho nitro benzene ring substituents is 1. The zero-order valence-corrected chi connectivity index (χ0v) is 19.2. The number of carboxylic acid groups (broad SMARTS) is 1. The Morgan fingerprint density at radius 1 is 1.06 bits per heavy atom. The number of rotatable bonds is 8. The summed E-state index contributed by atoms with van der Waals surface area (Å²) < 4.78 is 6.14. The summed E-state index contributed by atoms with van der Waals surface area (Å²) in [5, 5.41) is 20.8. The Bertz CT molecular complexity index is 1050. The first-order valence-corrected chi connectivity index (χ1v) is 11.0. The van der Waals surface area contributed by atoms with Crippen molar-refractivity contribution in [1.82, 2.24) is 0 Å². The lowest BCUT2D eigenvalue weighted by molar-refractivity contribution is -0.384. The number of carbonyl (C=O) groups excluding carboxylic acids is 1. The number of aliphatic carboxylic acids is 1. The van der Waals surface area contributed by atoms with E-state index in [-0.39, 0.29) is 38.5 Å². The first-order valence-electron chi connectivity index (χ1n) is 10.3. The summed E-state index contributed by atoms with van der Waals surface area (Å²) in [6.45, 7) is 3.80. The lowest BCUT2D eigenvalue weighted by atomic mass is 9.75. The second-order valence-electron chi connectivity index (χ2n) is 8.32. The maximum absolute atomic E-state index is 12.9. The van der Waals surface area contributed by atoms with Gasteiger partial charge in [-0.3, -0.25) is 19.7 Å². The van der Waals surface area contributed by atoms with Crippen molar-refractivity contribution in [2.75, 3.05) is 0 Å². The molecule has 0 amide bonds. The van der Waals surface area contributed by atoms with Gasteiger partial charge < -0.3 is 9.84 Å².